The van der Waals surface area contributed by atoms with Gasteiger partial charge in [-0.15, -0.1) is 0 Å². The van der Waals surface area contributed by atoms with Gasteiger partial charge in [-0.25, -0.2) is 0 Å². The van der Waals surface area contributed by atoms with E-state index in [0.717, 1.165) is 50.7 Å². The first kappa shape index (κ1) is 17.2. The minimum atomic E-state index is -0.176. The Morgan fingerprint density at radius 1 is 1.19 bits per heavy atom. The van der Waals surface area contributed by atoms with E-state index in [1.54, 1.807) is 7.11 Å². The number of para-hydroxylation sites is 1. The Labute approximate surface area is 157 Å². The number of carbonyl (C=O) groups is 1. The Hall–Kier alpha value is -3.21. The Balaban J connectivity index is 1.47. The molecule has 4 rings (SSSR count). The largest absolute Gasteiger partial charge is 0.497 e. The number of aryl methyl sites for hydroxylation is 2. The van der Waals surface area contributed by atoms with Gasteiger partial charge in [0.1, 0.15) is 11.3 Å². The third-order valence-electron chi connectivity index (χ3n) is 5.02. The second-order valence-electron chi connectivity index (χ2n) is 6.74. The van der Waals surface area contributed by atoms with Crippen LogP contribution in [0.25, 0.3) is 21.9 Å². The van der Waals surface area contributed by atoms with Crippen molar-refractivity contribution in [3.8, 4) is 5.75 Å². The molecule has 0 saturated heterocycles. The van der Waals surface area contributed by atoms with Gasteiger partial charge < -0.3 is 19.5 Å². The van der Waals surface area contributed by atoms with Crippen molar-refractivity contribution in [1.82, 2.24) is 10.3 Å². The molecule has 2 aromatic carbocycles. The third-order valence-corrected chi connectivity index (χ3v) is 5.02. The summed E-state index contributed by atoms with van der Waals surface area (Å²) >= 11 is 0. The SMILES string of the molecule is COc1ccc2c(CCNC(=O)c3oc4c(C)cccc4c3C)c[nH]c2c1. The highest BCUT2D eigenvalue weighted by Gasteiger charge is 2.18. The van der Waals surface area contributed by atoms with E-state index in [-0.39, 0.29) is 5.91 Å². The summed E-state index contributed by atoms with van der Waals surface area (Å²) < 4.78 is 11.1. The molecule has 4 aromatic rings. The summed E-state index contributed by atoms with van der Waals surface area (Å²) in [5.74, 6) is 1.03. The Morgan fingerprint density at radius 2 is 2.04 bits per heavy atom. The zero-order chi connectivity index (χ0) is 19.0. The predicted octanol–water partition coefficient (Wildman–Crippen LogP) is 4.51. The molecule has 0 atom stereocenters. The van der Waals surface area contributed by atoms with Crippen LogP contribution < -0.4 is 10.1 Å². The zero-order valence-electron chi connectivity index (χ0n) is 15.7. The number of H-pyrrole nitrogens is 1. The molecule has 0 fully saturated rings. The van der Waals surface area contributed by atoms with Crippen LogP contribution in [0.2, 0.25) is 0 Å². The van der Waals surface area contributed by atoms with Crippen molar-refractivity contribution in [2.75, 3.05) is 13.7 Å². The van der Waals surface area contributed by atoms with E-state index in [4.69, 9.17) is 9.15 Å². The topological polar surface area (TPSA) is 67.3 Å². The van der Waals surface area contributed by atoms with Gasteiger partial charge in [-0.3, -0.25) is 4.79 Å². The highest BCUT2D eigenvalue weighted by molar-refractivity contribution is 5.99. The van der Waals surface area contributed by atoms with Crippen LogP contribution in [0.3, 0.4) is 0 Å². The van der Waals surface area contributed by atoms with E-state index < -0.39 is 0 Å². The van der Waals surface area contributed by atoms with Gasteiger partial charge in [0.05, 0.1) is 7.11 Å². The Morgan fingerprint density at radius 3 is 2.81 bits per heavy atom. The van der Waals surface area contributed by atoms with Gasteiger partial charge in [-0.1, -0.05) is 18.2 Å². The molecule has 138 valence electrons. The molecule has 0 aliphatic carbocycles. The number of ether oxygens (including phenoxy) is 1. The number of rotatable bonds is 5. The molecule has 0 spiro atoms. The van der Waals surface area contributed by atoms with Crippen molar-refractivity contribution in [3.05, 3.63) is 65.0 Å². The van der Waals surface area contributed by atoms with Crippen molar-refractivity contribution in [1.29, 1.82) is 0 Å². The van der Waals surface area contributed by atoms with Gasteiger partial charge in [0, 0.05) is 40.7 Å². The van der Waals surface area contributed by atoms with Crippen molar-refractivity contribution < 1.29 is 13.9 Å². The second kappa shape index (κ2) is 6.83. The fourth-order valence-corrected chi connectivity index (χ4v) is 3.49. The molecule has 0 radical (unpaired) electrons. The maximum atomic E-state index is 12.6. The average molecular weight is 362 g/mol. The van der Waals surface area contributed by atoms with Gasteiger partial charge in [0.15, 0.2) is 5.76 Å². The Bertz CT molecular complexity index is 1140. The molecule has 5 nitrogen and oxygen atoms in total. The molecule has 0 bridgehead atoms. The normalized spacial score (nSPS) is 11.2. The highest BCUT2D eigenvalue weighted by Crippen LogP contribution is 2.27. The number of fused-ring (bicyclic) bond motifs is 2. The first-order valence-corrected chi connectivity index (χ1v) is 8.99. The summed E-state index contributed by atoms with van der Waals surface area (Å²) in [5, 5.41) is 5.11. The average Bonchev–Trinajstić information content (AvgIpc) is 3.23. The molecule has 5 heteroatoms. The number of hydrogen-bond donors (Lipinski definition) is 2. The molecule has 0 unspecified atom stereocenters. The summed E-state index contributed by atoms with van der Waals surface area (Å²) in [6.07, 6.45) is 2.71. The summed E-state index contributed by atoms with van der Waals surface area (Å²) in [6, 6.07) is 11.9. The standard InChI is InChI=1S/C22H22N2O3/c1-13-5-4-6-17-14(2)21(27-20(13)17)22(25)23-10-9-15-12-24-19-11-16(26-3)7-8-18(15)19/h4-8,11-12,24H,9-10H2,1-3H3,(H,23,25). The van der Waals surface area contributed by atoms with Crippen LogP contribution in [-0.2, 0) is 6.42 Å². The van der Waals surface area contributed by atoms with Crippen molar-refractivity contribution in [2.45, 2.75) is 20.3 Å². The van der Waals surface area contributed by atoms with Crippen LogP contribution in [0.5, 0.6) is 5.75 Å². The van der Waals surface area contributed by atoms with Crippen LogP contribution in [0, 0.1) is 13.8 Å². The lowest BCUT2D eigenvalue weighted by molar-refractivity contribution is 0.0928. The molecule has 2 aromatic heterocycles. The number of nitrogens with one attached hydrogen (secondary N) is 2. The minimum absolute atomic E-state index is 0.176. The summed E-state index contributed by atoms with van der Waals surface area (Å²) in [7, 11) is 1.65. The number of amides is 1. The first-order valence-electron chi connectivity index (χ1n) is 8.99. The third kappa shape index (κ3) is 3.05. The van der Waals surface area contributed by atoms with Crippen LogP contribution >= 0.6 is 0 Å². The molecular weight excluding hydrogens is 340 g/mol. The molecule has 0 aliphatic rings. The second-order valence-corrected chi connectivity index (χ2v) is 6.74. The van der Waals surface area contributed by atoms with Gasteiger partial charge in [0.25, 0.3) is 5.91 Å². The van der Waals surface area contributed by atoms with E-state index in [9.17, 15) is 4.79 Å². The van der Waals surface area contributed by atoms with E-state index >= 15 is 0 Å². The van der Waals surface area contributed by atoms with Crippen LogP contribution in [0.4, 0.5) is 0 Å². The van der Waals surface area contributed by atoms with E-state index in [0.29, 0.717) is 12.3 Å². The first-order chi connectivity index (χ1) is 13.1. The fourth-order valence-electron chi connectivity index (χ4n) is 3.49. The van der Waals surface area contributed by atoms with E-state index in [2.05, 4.69) is 10.3 Å². The maximum Gasteiger partial charge on any atom is 0.287 e. The van der Waals surface area contributed by atoms with Gasteiger partial charge in [-0.05, 0) is 43.5 Å². The molecule has 27 heavy (non-hydrogen) atoms. The molecule has 1 amide bonds. The maximum absolute atomic E-state index is 12.6. The van der Waals surface area contributed by atoms with Crippen LogP contribution in [-0.4, -0.2) is 24.5 Å². The van der Waals surface area contributed by atoms with Gasteiger partial charge >= 0.3 is 0 Å². The number of methoxy groups -OCH3 is 1. The lowest BCUT2D eigenvalue weighted by Gasteiger charge is -2.04. The lowest BCUT2D eigenvalue weighted by atomic mass is 10.1. The Kier molecular flexibility index (Phi) is 4.36. The summed E-state index contributed by atoms with van der Waals surface area (Å²) in [5.41, 5.74) is 4.88. The van der Waals surface area contributed by atoms with E-state index in [1.165, 1.54) is 0 Å². The minimum Gasteiger partial charge on any atom is -0.497 e. The molecule has 0 aliphatic heterocycles. The van der Waals surface area contributed by atoms with Gasteiger partial charge in [-0.2, -0.15) is 0 Å². The highest BCUT2D eigenvalue weighted by atomic mass is 16.5. The molecule has 2 heterocycles. The van der Waals surface area contributed by atoms with E-state index in [1.807, 2.05) is 56.4 Å². The number of aromatic amines is 1. The summed E-state index contributed by atoms with van der Waals surface area (Å²) in [6.45, 7) is 4.44. The number of furan rings is 1. The van der Waals surface area contributed by atoms with Gasteiger partial charge in [0.2, 0.25) is 0 Å². The van der Waals surface area contributed by atoms with Crippen molar-refractivity contribution in [2.24, 2.45) is 0 Å². The molecule has 0 saturated carbocycles. The van der Waals surface area contributed by atoms with Crippen LogP contribution in [0.15, 0.2) is 47.0 Å². The zero-order valence-corrected chi connectivity index (χ0v) is 15.7. The van der Waals surface area contributed by atoms with Crippen LogP contribution in [0.1, 0.15) is 27.2 Å². The predicted molar refractivity (Wildman–Crippen MR) is 107 cm³/mol. The number of carbonyl (C=O) groups excluding carboxylic acids is 1. The number of hydrogen-bond acceptors (Lipinski definition) is 3. The number of benzene rings is 2. The number of aromatic nitrogens is 1. The van der Waals surface area contributed by atoms with Crippen molar-refractivity contribution in [3.63, 3.8) is 0 Å². The lowest BCUT2D eigenvalue weighted by Crippen LogP contribution is -2.25. The fraction of sp³-hybridized carbons (Fsp3) is 0.227. The summed E-state index contributed by atoms with van der Waals surface area (Å²) in [4.78, 5) is 15.8. The molecule has 2 N–H and O–H groups in total. The van der Waals surface area contributed by atoms with Crippen molar-refractivity contribution >= 4 is 27.8 Å². The molecular formula is C22H22N2O3. The quantitative estimate of drug-likeness (QED) is 0.549. The smallest absolute Gasteiger partial charge is 0.287 e. The monoisotopic (exact) mass is 362 g/mol.